The molecule has 1 aliphatic heterocycles. The van der Waals surface area contributed by atoms with Crippen LogP contribution < -0.4 is 0 Å². The van der Waals surface area contributed by atoms with E-state index in [1.807, 2.05) is 0 Å². The molecule has 7 heteroatoms. The number of methoxy groups -OCH3 is 1. The van der Waals surface area contributed by atoms with Crippen LogP contribution in [0.1, 0.15) is 13.8 Å². The SMILES string of the molecule is COC(=O)[C@@H]1OS(=O)(=O)O[C@H]1C(C)C. The Balaban J connectivity index is 2.88. The predicted molar refractivity (Wildman–Crippen MR) is 45.5 cm³/mol. The molecular weight excluding hydrogens is 212 g/mol. The minimum absolute atomic E-state index is 0.156. The van der Waals surface area contributed by atoms with Gasteiger partial charge in [0.05, 0.1) is 7.11 Å². The Labute approximate surface area is 82.5 Å². The molecule has 14 heavy (non-hydrogen) atoms. The van der Waals surface area contributed by atoms with Crippen LogP contribution in [-0.2, 0) is 28.3 Å². The average molecular weight is 224 g/mol. The molecule has 0 unspecified atom stereocenters. The van der Waals surface area contributed by atoms with Crippen molar-refractivity contribution >= 4 is 16.4 Å². The van der Waals surface area contributed by atoms with E-state index < -0.39 is 28.6 Å². The molecule has 0 spiro atoms. The first-order chi connectivity index (χ1) is 6.37. The summed E-state index contributed by atoms with van der Waals surface area (Å²) >= 11 is 0. The summed E-state index contributed by atoms with van der Waals surface area (Å²) in [6.07, 6.45) is -2.00. The first-order valence-electron chi connectivity index (χ1n) is 4.06. The van der Waals surface area contributed by atoms with E-state index in [4.69, 9.17) is 0 Å². The monoisotopic (exact) mass is 224 g/mol. The number of carbonyl (C=O) groups is 1. The third-order valence-corrected chi connectivity index (χ3v) is 2.74. The largest absolute Gasteiger partial charge is 0.467 e. The fraction of sp³-hybridized carbons (Fsp3) is 0.857. The molecule has 1 heterocycles. The Hall–Kier alpha value is -0.660. The van der Waals surface area contributed by atoms with Gasteiger partial charge in [-0.15, -0.1) is 0 Å². The molecule has 1 aliphatic rings. The molecule has 82 valence electrons. The second-order valence-electron chi connectivity index (χ2n) is 3.25. The van der Waals surface area contributed by atoms with Gasteiger partial charge in [-0.25, -0.2) is 13.2 Å². The zero-order valence-electron chi connectivity index (χ0n) is 8.09. The van der Waals surface area contributed by atoms with Crippen LogP contribution in [0.5, 0.6) is 0 Å². The maximum absolute atomic E-state index is 11.1. The van der Waals surface area contributed by atoms with Crippen LogP contribution in [-0.4, -0.2) is 33.7 Å². The number of hydrogen-bond donors (Lipinski definition) is 0. The summed E-state index contributed by atoms with van der Waals surface area (Å²) in [4.78, 5) is 11.1. The first-order valence-corrected chi connectivity index (χ1v) is 5.40. The van der Waals surface area contributed by atoms with E-state index in [0.717, 1.165) is 7.11 Å². The van der Waals surface area contributed by atoms with Gasteiger partial charge in [-0.1, -0.05) is 13.8 Å². The van der Waals surface area contributed by atoms with Gasteiger partial charge in [-0.3, -0.25) is 0 Å². The van der Waals surface area contributed by atoms with Crippen molar-refractivity contribution in [2.75, 3.05) is 7.11 Å². The molecule has 0 aromatic rings. The van der Waals surface area contributed by atoms with E-state index >= 15 is 0 Å². The van der Waals surface area contributed by atoms with Crippen molar-refractivity contribution in [1.29, 1.82) is 0 Å². The maximum Gasteiger partial charge on any atom is 0.401 e. The van der Waals surface area contributed by atoms with Gasteiger partial charge in [0.2, 0.25) is 6.10 Å². The highest BCUT2D eigenvalue weighted by atomic mass is 32.3. The third kappa shape index (κ3) is 2.23. The van der Waals surface area contributed by atoms with Crippen LogP contribution in [0, 0.1) is 5.92 Å². The van der Waals surface area contributed by atoms with Crippen molar-refractivity contribution in [2.24, 2.45) is 5.92 Å². The van der Waals surface area contributed by atoms with Gasteiger partial charge in [0.15, 0.2) is 0 Å². The molecule has 1 fully saturated rings. The topological polar surface area (TPSA) is 78.9 Å². The number of ether oxygens (including phenoxy) is 1. The van der Waals surface area contributed by atoms with Crippen LogP contribution in [0.15, 0.2) is 0 Å². The fourth-order valence-corrected chi connectivity index (χ4v) is 2.22. The Bertz CT molecular complexity index is 319. The van der Waals surface area contributed by atoms with Crippen LogP contribution in [0.3, 0.4) is 0 Å². The van der Waals surface area contributed by atoms with Crippen molar-refractivity contribution < 1.29 is 26.3 Å². The molecule has 0 amide bonds. The van der Waals surface area contributed by atoms with Crippen LogP contribution in [0.2, 0.25) is 0 Å². The minimum Gasteiger partial charge on any atom is -0.467 e. The second-order valence-corrected chi connectivity index (χ2v) is 4.45. The molecule has 0 saturated carbocycles. The number of rotatable bonds is 2. The van der Waals surface area contributed by atoms with Crippen molar-refractivity contribution in [2.45, 2.75) is 26.1 Å². The number of hydrogen-bond acceptors (Lipinski definition) is 6. The molecular formula is C7H12O6S. The van der Waals surface area contributed by atoms with Gasteiger partial charge in [0, 0.05) is 0 Å². The molecule has 0 bridgehead atoms. The van der Waals surface area contributed by atoms with E-state index in [1.165, 1.54) is 0 Å². The van der Waals surface area contributed by atoms with Crippen molar-refractivity contribution in [1.82, 2.24) is 0 Å². The Morgan fingerprint density at radius 1 is 1.36 bits per heavy atom. The lowest BCUT2D eigenvalue weighted by Crippen LogP contribution is -2.35. The van der Waals surface area contributed by atoms with E-state index in [0.29, 0.717) is 0 Å². The summed E-state index contributed by atoms with van der Waals surface area (Å²) in [5.74, 6) is -0.902. The number of carbonyl (C=O) groups excluding carboxylic acids is 1. The van der Waals surface area contributed by atoms with Crippen LogP contribution in [0.4, 0.5) is 0 Å². The lowest BCUT2D eigenvalue weighted by Gasteiger charge is -2.15. The molecule has 0 N–H and O–H groups in total. The maximum atomic E-state index is 11.1. The second kappa shape index (κ2) is 3.84. The summed E-state index contributed by atoms with van der Waals surface area (Å²) in [5, 5.41) is 0. The van der Waals surface area contributed by atoms with Crippen molar-refractivity contribution in [3.05, 3.63) is 0 Å². The zero-order valence-corrected chi connectivity index (χ0v) is 8.91. The first kappa shape index (κ1) is 11.4. The Morgan fingerprint density at radius 2 is 1.93 bits per heavy atom. The summed E-state index contributed by atoms with van der Waals surface area (Å²) < 4.78 is 35.3. The zero-order chi connectivity index (χ0) is 10.9. The molecule has 0 aliphatic carbocycles. The van der Waals surface area contributed by atoms with E-state index in [9.17, 15) is 13.2 Å². The quantitative estimate of drug-likeness (QED) is 0.607. The van der Waals surface area contributed by atoms with Crippen LogP contribution >= 0.6 is 0 Å². The average Bonchev–Trinajstić information content (AvgIpc) is 2.40. The Morgan fingerprint density at radius 3 is 2.36 bits per heavy atom. The highest BCUT2D eigenvalue weighted by Gasteiger charge is 2.46. The lowest BCUT2D eigenvalue weighted by atomic mass is 10.0. The van der Waals surface area contributed by atoms with Crippen molar-refractivity contribution in [3.8, 4) is 0 Å². The Kier molecular flexibility index (Phi) is 3.13. The van der Waals surface area contributed by atoms with Gasteiger partial charge in [0.1, 0.15) is 6.10 Å². The molecule has 0 aromatic heterocycles. The standard InChI is InChI=1S/C7H12O6S/c1-4(2)5-6(7(8)11-3)13-14(9,10)12-5/h4-6H,1-3H3/t5-,6+/m0/s1. The molecule has 2 atom stereocenters. The smallest absolute Gasteiger partial charge is 0.401 e. The highest BCUT2D eigenvalue weighted by Crippen LogP contribution is 2.26. The van der Waals surface area contributed by atoms with Gasteiger partial charge in [-0.2, -0.15) is 8.42 Å². The van der Waals surface area contributed by atoms with E-state index in [1.54, 1.807) is 13.8 Å². The van der Waals surface area contributed by atoms with Gasteiger partial charge in [0.25, 0.3) is 0 Å². The van der Waals surface area contributed by atoms with Crippen molar-refractivity contribution in [3.63, 3.8) is 0 Å². The third-order valence-electron chi connectivity index (χ3n) is 1.84. The fourth-order valence-electron chi connectivity index (χ4n) is 1.14. The summed E-state index contributed by atoms with van der Waals surface area (Å²) in [5.41, 5.74) is 0. The molecule has 0 radical (unpaired) electrons. The van der Waals surface area contributed by atoms with Gasteiger partial charge >= 0.3 is 16.4 Å². The summed E-state index contributed by atoms with van der Waals surface area (Å²) in [6, 6.07) is 0. The molecule has 1 saturated heterocycles. The molecule has 6 nitrogen and oxygen atoms in total. The summed E-state index contributed by atoms with van der Waals surface area (Å²) in [6.45, 7) is 3.45. The lowest BCUT2D eigenvalue weighted by molar-refractivity contribution is -0.150. The van der Waals surface area contributed by atoms with Gasteiger partial charge in [-0.05, 0) is 5.92 Å². The normalized spacial score (nSPS) is 30.6. The van der Waals surface area contributed by atoms with Gasteiger partial charge < -0.3 is 4.74 Å². The van der Waals surface area contributed by atoms with Crippen LogP contribution in [0.25, 0.3) is 0 Å². The predicted octanol–water partition coefficient (Wildman–Crippen LogP) is -0.156. The minimum atomic E-state index is -4.05. The van der Waals surface area contributed by atoms with E-state index in [-0.39, 0.29) is 5.92 Å². The molecule has 0 aromatic carbocycles. The van der Waals surface area contributed by atoms with E-state index in [2.05, 4.69) is 13.1 Å². The summed E-state index contributed by atoms with van der Waals surface area (Å²) in [7, 11) is -2.88. The number of esters is 1. The highest BCUT2D eigenvalue weighted by molar-refractivity contribution is 7.82. The molecule has 1 rings (SSSR count).